The molecule has 0 saturated heterocycles. The second kappa shape index (κ2) is 11.9. The second-order valence-electron chi connectivity index (χ2n) is 6.41. The molecule has 30 heavy (non-hydrogen) atoms. The molecule has 1 heterocycles. The summed E-state index contributed by atoms with van der Waals surface area (Å²) in [5.74, 6) is 2.48. The van der Waals surface area contributed by atoms with Crippen LogP contribution in [-0.2, 0) is 9.47 Å². The molecule has 162 valence electrons. The Morgan fingerprint density at radius 3 is 1.63 bits per heavy atom. The summed E-state index contributed by atoms with van der Waals surface area (Å²) >= 11 is 0. The Balaban J connectivity index is 1.63. The molecule has 0 fully saturated rings. The summed E-state index contributed by atoms with van der Waals surface area (Å²) in [6.07, 6.45) is 0. The van der Waals surface area contributed by atoms with Gasteiger partial charge in [0.2, 0.25) is 0 Å². The van der Waals surface area contributed by atoms with Gasteiger partial charge >= 0.3 is 0 Å². The van der Waals surface area contributed by atoms with E-state index in [-0.39, 0.29) is 0 Å². The number of rotatable bonds is 1. The van der Waals surface area contributed by atoms with Crippen LogP contribution >= 0.6 is 0 Å². The van der Waals surface area contributed by atoms with E-state index in [1.165, 1.54) is 0 Å². The lowest BCUT2D eigenvalue weighted by Gasteiger charge is -2.16. The van der Waals surface area contributed by atoms with Gasteiger partial charge in [-0.05, 0) is 37.3 Å². The zero-order valence-electron chi connectivity index (χ0n) is 17.0. The maximum Gasteiger partial charge on any atom is 0.161 e. The van der Waals surface area contributed by atoms with Crippen LogP contribution in [0.4, 0.5) is 0 Å². The fraction of sp³-hybridized carbons (Fsp3) is 0.409. The number of hydrogen-bond acceptors (Lipinski definition) is 8. The summed E-state index contributed by atoms with van der Waals surface area (Å²) in [7, 11) is 0. The van der Waals surface area contributed by atoms with Crippen molar-refractivity contribution in [3.8, 4) is 23.0 Å². The average Bonchev–Trinajstić information content (AvgIpc) is 2.78. The fourth-order valence-electron chi connectivity index (χ4n) is 2.76. The van der Waals surface area contributed by atoms with Crippen LogP contribution in [0.5, 0.6) is 23.0 Å². The standard InChI is InChI=1S/C22H27NO7/c1-17(23-24)18-6-7-21-22(16-18)30-15-11-26-9-13-28-20-5-3-2-4-19(20)27-12-8-25-10-14-29-21/h2-7,16,24H,8-15H2,1H3. The first kappa shape index (κ1) is 21.7. The zero-order valence-corrected chi connectivity index (χ0v) is 17.0. The largest absolute Gasteiger partial charge is 0.487 e. The van der Waals surface area contributed by atoms with Crippen LogP contribution in [0.1, 0.15) is 12.5 Å². The molecule has 0 atom stereocenters. The number of fused-ring (bicyclic) bond motifs is 2. The molecule has 1 N–H and O–H groups in total. The highest BCUT2D eigenvalue weighted by molar-refractivity contribution is 5.98. The first-order valence-corrected chi connectivity index (χ1v) is 9.86. The average molecular weight is 417 g/mol. The first-order chi connectivity index (χ1) is 14.8. The molecule has 0 bridgehead atoms. The lowest BCUT2D eigenvalue weighted by molar-refractivity contribution is 0.0640. The Hall–Kier alpha value is -2.97. The van der Waals surface area contributed by atoms with Gasteiger partial charge < -0.3 is 33.6 Å². The first-order valence-electron chi connectivity index (χ1n) is 9.86. The van der Waals surface area contributed by atoms with Gasteiger partial charge in [0, 0.05) is 5.56 Å². The third-order valence-corrected chi connectivity index (χ3v) is 4.30. The van der Waals surface area contributed by atoms with Gasteiger partial charge in [-0.15, -0.1) is 0 Å². The Labute approximate surface area is 175 Å². The number of hydrogen-bond donors (Lipinski definition) is 1. The van der Waals surface area contributed by atoms with E-state index in [9.17, 15) is 0 Å². The van der Waals surface area contributed by atoms with Crippen LogP contribution in [-0.4, -0.2) is 63.8 Å². The number of nitrogens with zero attached hydrogens (tertiary/aromatic N) is 1. The maximum absolute atomic E-state index is 9.01. The molecule has 0 aliphatic carbocycles. The molecule has 0 spiro atoms. The predicted octanol–water partition coefficient (Wildman–Crippen LogP) is 3.15. The van der Waals surface area contributed by atoms with Crippen LogP contribution in [0.25, 0.3) is 0 Å². The molecule has 8 nitrogen and oxygen atoms in total. The Kier molecular flexibility index (Phi) is 8.62. The molecule has 8 heteroatoms. The second-order valence-corrected chi connectivity index (χ2v) is 6.41. The molecule has 0 saturated carbocycles. The SMILES string of the molecule is CC(=NO)c1ccc2c(c1)OCCOCCOc1ccccc1OCCOCCO2. The zero-order chi connectivity index (χ0) is 21.0. The molecule has 2 aromatic carbocycles. The van der Waals surface area contributed by atoms with Crippen molar-refractivity contribution in [3.05, 3.63) is 48.0 Å². The topological polar surface area (TPSA) is 88.0 Å². The summed E-state index contributed by atoms with van der Waals surface area (Å²) in [4.78, 5) is 0. The van der Waals surface area contributed by atoms with Gasteiger partial charge in [-0.2, -0.15) is 0 Å². The third kappa shape index (κ3) is 6.53. The molecule has 1 aliphatic rings. The molecule has 2 aromatic rings. The van der Waals surface area contributed by atoms with Crippen molar-refractivity contribution in [2.45, 2.75) is 6.92 Å². The molecule has 1 aliphatic heterocycles. The summed E-state index contributed by atoms with van der Waals surface area (Å²) < 4.78 is 34.3. The number of ether oxygens (including phenoxy) is 6. The van der Waals surface area contributed by atoms with Crippen molar-refractivity contribution in [1.82, 2.24) is 0 Å². The van der Waals surface area contributed by atoms with Crippen molar-refractivity contribution < 1.29 is 33.6 Å². The molecule has 0 aromatic heterocycles. The Morgan fingerprint density at radius 1 is 0.667 bits per heavy atom. The lowest BCUT2D eigenvalue weighted by Crippen LogP contribution is -2.15. The number of para-hydroxylation sites is 2. The van der Waals surface area contributed by atoms with Crippen LogP contribution < -0.4 is 18.9 Å². The minimum absolute atomic E-state index is 0.339. The highest BCUT2D eigenvalue weighted by Crippen LogP contribution is 2.29. The van der Waals surface area contributed by atoms with Gasteiger partial charge in [0.1, 0.15) is 26.4 Å². The lowest BCUT2D eigenvalue weighted by atomic mass is 10.1. The molecular weight excluding hydrogens is 390 g/mol. The molecular formula is C22H27NO7. The van der Waals surface area contributed by atoms with Crippen LogP contribution in [0.3, 0.4) is 0 Å². The van der Waals surface area contributed by atoms with Gasteiger partial charge in [-0.3, -0.25) is 0 Å². The van der Waals surface area contributed by atoms with Gasteiger partial charge in [0.05, 0.1) is 32.1 Å². The van der Waals surface area contributed by atoms with Gasteiger partial charge in [-0.25, -0.2) is 0 Å². The third-order valence-electron chi connectivity index (χ3n) is 4.30. The van der Waals surface area contributed by atoms with Crippen LogP contribution in [0, 0.1) is 0 Å². The van der Waals surface area contributed by atoms with E-state index in [1.54, 1.807) is 19.1 Å². The molecule has 3 rings (SSSR count). The summed E-state index contributed by atoms with van der Waals surface area (Å²) in [6.45, 7) is 4.85. The van der Waals surface area contributed by atoms with E-state index in [1.807, 2.05) is 30.3 Å². The summed E-state index contributed by atoms with van der Waals surface area (Å²) in [6, 6.07) is 12.9. The Morgan fingerprint density at radius 2 is 1.13 bits per heavy atom. The Bertz CT molecular complexity index is 825. The van der Waals surface area contributed by atoms with E-state index >= 15 is 0 Å². The van der Waals surface area contributed by atoms with Crippen molar-refractivity contribution in [1.29, 1.82) is 0 Å². The molecule has 0 amide bonds. The fourth-order valence-corrected chi connectivity index (χ4v) is 2.76. The van der Waals surface area contributed by atoms with Crippen molar-refractivity contribution in [2.24, 2.45) is 5.16 Å². The van der Waals surface area contributed by atoms with Crippen molar-refractivity contribution in [3.63, 3.8) is 0 Å². The van der Waals surface area contributed by atoms with Crippen molar-refractivity contribution >= 4 is 5.71 Å². The van der Waals surface area contributed by atoms with Gasteiger partial charge in [-0.1, -0.05) is 17.3 Å². The molecule has 0 radical (unpaired) electrons. The van der Waals surface area contributed by atoms with Gasteiger partial charge in [0.25, 0.3) is 0 Å². The highest BCUT2D eigenvalue weighted by Gasteiger charge is 2.10. The van der Waals surface area contributed by atoms with Crippen molar-refractivity contribution in [2.75, 3.05) is 52.9 Å². The van der Waals surface area contributed by atoms with E-state index < -0.39 is 0 Å². The van der Waals surface area contributed by atoms with E-state index in [2.05, 4.69) is 5.16 Å². The summed E-state index contributed by atoms with van der Waals surface area (Å²) in [5.41, 5.74) is 1.22. The van der Waals surface area contributed by atoms with E-state index in [0.717, 1.165) is 5.56 Å². The minimum atomic E-state index is 0.339. The van der Waals surface area contributed by atoms with Crippen LogP contribution in [0.15, 0.2) is 47.6 Å². The van der Waals surface area contributed by atoms with E-state index in [0.29, 0.717) is 81.6 Å². The quantitative estimate of drug-likeness (QED) is 0.433. The number of benzene rings is 2. The minimum Gasteiger partial charge on any atom is -0.487 e. The van der Waals surface area contributed by atoms with Gasteiger partial charge in [0.15, 0.2) is 23.0 Å². The predicted molar refractivity (Wildman–Crippen MR) is 110 cm³/mol. The van der Waals surface area contributed by atoms with Crippen LogP contribution in [0.2, 0.25) is 0 Å². The monoisotopic (exact) mass is 417 g/mol. The maximum atomic E-state index is 9.01. The highest BCUT2D eigenvalue weighted by atomic mass is 16.6. The summed E-state index contributed by atoms with van der Waals surface area (Å²) in [5, 5.41) is 12.2. The van der Waals surface area contributed by atoms with E-state index in [4.69, 9.17) is 33.6 Å². The normalized spacial score (nSPS) is 16.9. The number of oxime groups is 1. The smallest absolute Gasteiger partial charge is 0.161 e. The molecule has 0 unspecified atom stereocenters.